The van der Waals surface area contributed by atoms with E-state index in [4.69, 9.17) is 5.73 Å². The van der Waals surface area contributed by atoms with Crippen molar-refractivity contribution in [3.63, 3.8) is 0 Å². The van der Waals surface area contributed by atoms with Crippen molar-refractivity contribution in [1.29, 1.82) is 0 Å². The summed E-state index contributed by atoms with van der Waals surface area (Å²) in [5, 5.41) is 5.66. The smallest absolute Gasteiger partial charge is 0.246 e. The molecule has 0 radical (unpaired) electrons. The summed E-state index contributed by atoms with van der Waals surface area (Å²) < 4.78 is 0. The monoisotopic (exact) mass is 424 g/mol. The number of benzene rings is 1. The standard InChI is InChI=1S/C21H32N4O3.ClH/c1-13(2)18(24-19(26)15(4)22)21(28)25-11-5-6-17(25)20(27)23-12-16-9-7-14(3)8-10-16;/h7-10,13,15,17-18H,5-6,11-12,22H2,1-4H3,(H,23,27)(H,24,26);1H/t15-,17-,18-;/m0./s1. The molecule has 2 rings (SSSR count). The molecule has 0 saturated carbocycles. The minimum Gasteiger partial charge on any atom is -0.350 e. The van der Waals surface area contributed by atoms with Crippen LogP contribution in [0.3, 0.4) is 0 Å². The summed E-state index contributed by atoms with van der Waals surface area (Å²) in [4.78, 5) is 39.4. The first-order valence-corrected chi connectivity index (χ1v) is 9.90. The number of nitrogens with one attached hydrogen (secondary N) is 2. The number of hydrogen-bond acceptors (Lipinski definition) is 4. The lowest BCUT2D eigenvalue weighted by atomic mass is 10.0. The van der Waals surface area contributed by atoms with Crippen molar-refractivity contribution in [3.05, 3.63) is 35.4 Å². The number of nitrogens with zero attached hydrogens (tertiary/aromatic N) is 1. The summed E-state index contributed by atoms with van der Waals surface area (Å²) in [5.41, 5.74) is 7.79. The molecule has 1 aliphatic rings. The molecule has 8 heteroatoms. The third-order valence-corrected chi connectivity index (χ3v) is 5.07. The van der Waals surface area contributed by atoms with Crippen LogP contribution in [0.4, 0.5) is 0 Å². The first-order chi connectivity index (χ1) is 13.2. The van der Waals surface area contributed by atoms with Gasteiger partial charge in [-0.05, 0) is 38.2 Å². The SMILES string of the molecule is Cc1ccc(CNC(=O)[C@@H]2CCCN2C(=O)[C@@H](NC(=O)[C@H](C)N)C(C)C)cc1.Cl. The average molecular weight is 425 g/mol. The van der Waals surface area contributed by atoms with Gasteiger partial charge in [0.25, 0.3) is 0 Å². The third-order valence-electron chi connectivity index (χ3n) is 5.07. The van der Waals surface area contributed by atoms with Crippen LogP contribution in [0.25, 0.3) is 0 Å². The van der Waals surface area contributed by atoms with E-state index in [1.165, 1.54) is 0 Å². The van der Waals surface area contributed by atoms with Crippen LogP contribution in [0.15, 0.2) is 24.3 Å². The molecule has 3 amide bonds. The van der Waals surface area contributed by atoms with E-state index in [-0.39, 0.29) is 36.0 Å². The number of aryl methyl sites for hydroxylation is 1. The van der Waals surface area contributed by atoms with Crippen molar-refractivity contribution in [2.75, 3.05) is 6.54 Å². The van der Waals surface area contributed by atoms with E-state index in [1.807, 2.05) is 45.0 Å². The zero-order valence-electron chi connectivity index (χ0n) is 17.6. The zero-order chi connectivity index (χ0) is 20.8. The van der Waals surface area contributed by atoms with E-state index < -0.39 is 18.1 Å². The highest BCUT2D eigenvalue weighted by Gasteiger charge is 2.38. The van der Waals surface area contributed by atoms with E-state index in [2.05, 4.69) is 10.6 Å². The van der Waals surface area contributed by atoms with Gasteiger partial charge in [0.15, 0.2) is 0 Å². The molecule has 29 heavy (non-hydrogen) atoms. The van der Waals surface area contributed by atoms with Crippen molar-refractivity contribution in [1.82, 2.24) is 15.5 Å². The fourth-order valence-corrected chi connectivity index (χ4v) is 3.29. The maximum atomic E-state index is 13.1. The molecule has 1 heterocycles. The number of carbonyl (C=O) groups is 3. The number of rotatable bonds is 7. The number of amides is 3. The topological polar surface area (TPSA) is 105 Å². The van der Waals surface area contributed by atoms with Gasteiger partial charge in [0, 0.05) is 13.1 Å². The molecule has 1 aromatic rings. The molecule has 1 fully saturated rings. The van der Waals surface area contributed by atoms with Crippen molar-refractivity contribution >= 4 is 30.1 Å². The van der Waals surface area contributed by atoms with E-state index in [9.17, 15) is 14.4 Å². The number of halogens is 1. The first kappa shape index (κ1) is 24.9. The van der Waals surface area contributed by atoms with Gasteiger partial charge in [-0.15, -0.1) is 12.4 Å². The van der Waals surface area contributed by atoms with E-state index >= 15 is 0 Å². The summed E-state index contributed by atoms with van der Waals surface area (Å²) in [6.45, 7) is 8.26. The van der Waals surface area contributed by atoms with Gasteiger partial charge in [-0.25, -0.2) is 0 Å². The maximum Gasteiger partial charge on any atom is 0.246 e. The van der Waals surface area contributed by atoms with E-state index in [1.54, 1.807) is 11.8 Å². The molecule has 1 aliphatic heterocycles. The largest absolute Gasteiger partial charge is 0.350 e. The Morgan fingerprint density at radius 3 is 2.34 bits per heavy atom. The van der Waals surface area contributed by atoms with Crippen LogP contribution in [0.5, 0.6) is 0 Å². The molecule has 1 aromatic carbocycles. The van der Waals surface area contributed by atoms with Crippen LogP contribution in [0, 0.1) is 12.8 Å². The van der Waals surface area contributed by atoms with Gasteiger partial charge < -0.3 is 21.3 Å². The molecule has 0 aromatic heterocycles. The van der Waals surface area contributed by atoms with E-state index in [0.717, 1.165) is 17.5 Å². The number of likely N-dealkylation sites (tertiary alicyclic amines) is 1. The Bertz CT molecular complexity index is 706. The summed E-state index contributed by atoms with van der Waals surface area (Å²) in [6.07, 6.45) is 1.39. The van der Waals surface area contributed by atoms with Crippen LogP contribution >= 0.6 is 12.4 Å². The number of nitrogens with two attached hydrogens (primary N) is 1. The second-order valence-electron chi connectivity index (χ2n) is 7.91. The lowest BCUT2D eigenvalue weighted by Gasteiger charge is -2.30. The molecule has 4 N–H and O–H groups in total. The fourth-order valence-electron chi connectivity index (χ4n) is 3.29. The van der Waals surface area contributed by atoms with Gasteiger partial charge in [-0.3, -0.25) is 14.4 Å². The van der Waals surface area contributed by atoms with Gasteiger partial charge in [-0.2, -0.15) is 0 Å². The quantitative estimate of drug-likeness (QED) is 0.617. The van der Waals surface area contributed by atoms with E-state index in [0.29, 0.717) is 19.5 Å². The second kappa shape index (κ2) is 11.2. The lowest BCUT2D eigenvalue weighted by molar-refractivity contribution is -0.142. The van der Waals surface area contributed by atoms with Gasteiger partial charge in [0.2, 0.25) is 17.7 Å². The Kier molecular flexibility index (Phi) is 9.59. The molecule has 0 spiro atoms. The zero-order valence-corrected chi connectivity index (χ0v) is 18.4. The minimum atomic E-state index is -0.693. The van der Waals surface area contributed by atoms with Gasteiger partial charge in [0.1, 0.15) is 12.1 Å². The minimum absolute atomic E-state index is 0. The Hall–Kier alpha value is -2.12. The molecule has 0 aliphatic carbocycles. The molecule has 162 valence electrons. The Balaban J connectivity index is 0.00000420. The van der Waals surface area contributed by atoms with Gasteiger partial charge in [-0.1, -0.05) is 43.7 Å². The normalized spacial score (nSPS) is 18.0. The molecule has 0 unspecified atom stereocenters. The molecular weight excluding hydrogens is 392 g/mol. The summed E-state index contributed by atoms with van der Waals surface area (Å²) in [6, 6.07) is 6.07. The van der Waals surface area contributed by atoms with Crippen LogP contribution in [0.1, 0.15) is 44.7 Å². The number of hydrogen-bond donors (Lipinski definition) is 3. The van der Waals surface area contributed by atoms with Crippen molar-refractivity contribution in [2.45, 2.75) is 65.2 Å². The Morgan fingerprint density at radius 1 is 1.17 bits per heavy atom. The van der Waals surface area contributed by atoms with Crippen LogP contribution in [0.2, 0.25) is 0 Å². The van der Waals surface area contributed by atoms with Crippen LogP contribution < -0.4 is 16.4 Å². The fraction of sp³-hybridized carbons (Fsp3) is 0.571. The highest BCUT2D eigenvalue weighted by Crippen LogP contribution is 2.20. The molecule has 3 atom stereocenters. The molecule has 1 saturated heterocycles. The van der Waals surface area contributed by atoms with Crippen molar-refractivity contribution in [3.8, 4) is 0 Å². The average Bonchev–Trinajstić information content (AvgIpc) is 3.14. The van der Waals surface area contributed by atoms with Gasteiger partial charge >= 0.3 is 0 Å². The molecular formula is C21H33ClN4O3. The first-order valence-electron chi connectivity index (χ1n) is 9.90. The highest BCUT2D eigenvalue weighted by atomic mass is 35.5. The lowest BCUT2D eigenvalue weighted by Crippen LogP contribution is -2.56. The second-order valence-corrected chi connectivity index (χ2v) is 7.91. The van der Waals surface area contributed by atoms with Crippen LogP contribution in [-0.4, -0.2) is 47.3 Å². The highest BCUT2D eigenvalue weighted by molar-refractivity contribution is 5.93. The maximum absolute atomic E-state index is 13.1. The third kappa shape index (κ3) is 6.72. The summed E-state index contributed by atoms with van der Waals surface area (Å²) in [7, 11) is 0. The van der Waals surface area contributed by atoms with Crippen molar-refractivity contribution < 1.29 is 14.4 Å². The molecule has 0 bridgehead atoms. The Morgan fingerprint density at radius 2 is 1.79 bits per heavy atom. The predicted octanol–water partition coefficient (Wildman–Crippen LogP) is 1.51. The Labute approximate surface area is 179 Å². The number of carbonyl (C=O) groups excluding carboxylic acids is 3. The molecule has 7 nitrogen and oxygen atoms in total. The summed E-state index contributed by atoms with van der Waals surface area (Å²) in [5.74, 6) is -0.858. The van der Waals surface area contributed by atoms with Gasteiger partial charge in [0.05, 0.1) is 6.04 Å². The van der Waals surface area contributed by atoms with Crippen molar-refractivity contribution in [2.24, 2.45) is 11.7 Å². The summed E-state index contributed by atoms with van der Waals surface area (Å²) >= 11 is 0. The van der Waals surface area contributed by atoms with Crippen LogP contribution in [-0.2, 0) is 20.9 Å². The predicted molar refractivity (Wildman–Crippen MR) is 115 cm³/mol.